The molecule has 0 spiro atoms. The van der Waals surface area contributed by atoms with Crippen molar-refractivity contribution in [2.75, 3.05) is 5.73 Å². The SMILES string of the molecule is Nc1cc(Cl)ccc1SCc1csc(-c2ccco2)n1. The second-order valence-electron chi connectivity index (χ2n) is 4.09. The largest absolute Gasteiger partial charge is 0.462 e. The van der Waals surface area contributed by atoms with Gasteiger partial charge in [-0.25, -0.2) is 4.98 Å². The lowest BCUT2D eigenvalue weighted by atomic mass is 10.3. The quantitative estimate of drug-likeness (QED) is 0.546. The Morgan fingerprint density at radius 1 is 1.35 bits per heavy atom. The molecule has 3 aromatic rings. The van der Waals surface area contributed by atoms with E-state index in [-0.39, 0.29) is 0 Å². The molecule has 2 heterocycles. The first-order chi connectivity index (χ1) is 9.72. The predicted molar refractivity (Wildman–Crippen MR) is 85.2 cm³/mol. The van der Waals surface area contributed by atoms with Gasteiger partial charge in [0.05, 0.1) is 12.0 Å². The molecule has 3 rings (SSSR count). The fraction of sp³-hybridized carbons (Fsp3) is 0.0714. The summed E-state index contributed by atoms with van der Waals surface area (Å²) in [5.41, 5.74) is 7.64. The van der Waals surface area contributed by atoms with Crippen LogP contribution in [0.1, 0.15) is 5.69 Å². The molecule has 0 bridgehead atoms. The minimum Gasteiger partial charge on any atom is -0.462 e. The van der Waals surface area contributed by atoms with E-state index >= 15 is 0 Å². The molecule has 0 atom stereocenters. The van der Waals surface area contributed by atoms with Crippen LogP contribution in [0.4, 0.5) is 5.69 Å². The van der Waals surface area contributed by atoms with Crippen molar-refractivity contribution in [3.8, 4) is 10.8 Å². The van der Waals surface area contributed by atoms with E-state index in [0.29, 0.717) is 10.7 Å². The molecule has 102 valence electrons. The van der Waals surface area contributed by atoms with E-state index in [4.69, 9.17) is 21.8 Å². The van der Waals surface area contributed by atoms with Crippen LogP contribution in [0.25, 0.3) is 10.8 Å². The summed E-state index contributed by atoms with van der Waals surface area (Å²) < 4.78 is 5.33. The number of benzene rings is 1. The molecule has 0 saturated heterocycles. The average Bonchev–Trinajstić information content (AvgIpc) is 3.08. The Kier molecular flexibility index (Phi) is 4.00. The monoisotopic (exact) mass is 322 g/mol. The maximum Gasteiger partial charge on any atom is 0.162 e. The number of anilines is 1. The van der Waals surface area contributed by atoms with Crippen LogP contribution in [0.2, 0.25) is 5.02 Å². The fourth-order valence-electron chi connectivity index (χ4n) is 1.69. The van der Waals surface area contributed by atoms with Crippen molar-refractivity contribution < 1.29 is 4.42 Å². The van der Waals surface area contributed by atoms with Crippen LogP contribution in [0, 0.1) is 0 Å². The third-order valence-corrected chi connectivity index (χ3v) is 4.89. The van der Waals surface area contributed by atoms with E-state index in [1.807, 2.05) is 29.6 Å². The molecule has 0 unspecified atom stereocenters. The number of thiazole rings is 1. The zero-order chi connectivity index (χ0) is 13.9. The fourth-order valence-corrected chi connectivity index (χ4v) is 3.60. The van der Waals surface area contributed by atoms with Crippen LogP contribution >= 0.6 is 34.7 Å². The van der Waals surface area contributed by atoms with Gasteiger partial charge in [-0.3, -0.25) is 0 Å². The maximum atomic E-state index is 5.93. The molecule has 2 N–H and O–H groups in total. The van der Waals surface area contributed by atoms with Crippen LogP contribution in [0.3, 0.4) is 0 Å². The van der Waals surface area contributed by atoms with E-state index in [0.717, 1.165) is 27.1 Å². The van der Waals surface area contributed by atoms with Gasteiger partial charge >= 0.3 is 0 Å². The highest BCUT2D eigenvalue weighted by atomic mass is 35.5. The predicted octanol–water partition coefficient (Wildman–Crippen LogP) is 4.93. The molecular formula is C14H11ClN2OS2. The third-order valence-electron chi connectivity index (χ3n) is 2.63. The average molecular weight is 323 g/mol. The van der Waals surface area contributed by atoms with Crippen molar-refractivity contribution in [3.63, 3.8) is 0 Å². The highest BCUT2D eigenvalue weighted by Gasteiger charge is 2.08. The number of hydrogen-bond donors (Lipinski definition) is 1. The first kappa shape index (κ1) is 13.5. The molecule has 0 aliphatic heterocycles. The van der Waals surface area contributed by atoms with Crippen LogP contribution in [0.5, 0.6) is 0 Å². The second kappa shape index (κ2) is 5.91. The van der Waals surface area contributed by atoms with Gasteiger partial charge in [-0.2, -0.15) is 0 Å². The van der Waals surface area contributed by atoms with E-state index in [1.165, 1.54) is 0 Å². The standard InChI is InChI=1S/C14H11ClN2OS2/c15-9-3-4-13(11(16)6-9)19-7-10-8-20-14(17-10)12-2-1-5-18-12/h1-6,8H,7,16H2. The Labute approximate surface area is 129 Å². The lowest BCUT2D eigenvalue weighted by molar-refractivity contribution is 0.581. The summed E-state index contributed by atoms with van der Waals surface area (Å²) in [6, 6.07) is 9.31. The Morgan fingerprint density at radius 3 is 3.00 bits per heavy atom. The zero-order valence-electron chi connectivity index (χ0n) is 10.4. The van der Waals surface area contributed by atoms with Crippen molar-refractivity contribution in [3.05, 3.63) is 52.7 Å². The lowest BCUT2D eigenvalue weighted by Gasteiger charge is -2.04. The van der Waals surface area contributed by atoms with Gasteiger partial charge in [0, 0.05) is 26.7 Å². The molecule has 2 aromatic heterocycles. The smallest absolute Gasteiger partial charge is 0.162 e. The number of rotatable bonds is 4. The number of furan rings is 1. The van der Waals surface area contributed by atoms with Gasteiger partial charge in [0.2, 0.25) is 0 Å². The Hall–Kier alpha value is -1.43. The number of thioether (sulfide) groups is 1. The van der Waals surface area contributed by atoms with Crippen molar-refractivity contribution in [1.82, 2.24) is 4.98 Å². The summed E-state index contributed by atoms with van der Waals surface area (Å²) in [6.07, 6.45) is 1.65. The van der Waals surface area contributed by atoms with Gasteiger partial charge in [-0.15, -0.1) is 23.1 Å². The third kappa shape index (κ3) is 3.00. The highest BCUT2D eigenvalue weighted by molar-refractivity contribution is 7.98. The molecular weight excluding hydrogens is 312 g/mol. The topological polar surface area (TPSA) is 52.0 Å². The summed E-state index contributed by atoms with van der Waals surface area (Å²) in [5, 5.41) is 3.59. The number of nitrogen functional groups attached to an aromatic ring is 1. The molecule has 0 radical (unpaired) electrons. The molecule has 0 aliphatic rings. The molecule has 1 aromatic carbocycles. The van der Waals surface area contributed by atoms with E-state index in [9.17, 15) is 0 Å². The Bertz CT molecular complexity index is 710. The van der Waals surface area contributed by atoms with Gasteiger partial charge in [0.15, 0.2) is 10.8 Å². The Balaban J connectivity index is 1.70. The summed E-state index contributed by atoms with van der Waals surface area (Å²) >= 11 is 9.11. The van der Waals surface area contributed by atoms with Crippen LogP contribution in [-0.2, 0) is 5.75 Å². The van der Waals surface area contributed by atoms with Crippen LogP contribution < -0.4 is 5.73 Å². The number of halogens is 1. The van der Waals surface area contributed by atoms with E-state index in [1.54, 1.807) is 35.4 Å². The molecule has 0 saturated carbocycles. The molecule has 0 amide bonds. The van der Waals surface area contributed by atoms with Crippen molar-refractivity contribution in [1.29, 1.82) is 0 Å². The molecule has 3 nitrogen and oxygen atoms in total. The summed E-state index contributed by atoms with van der Waals surface area (Å²) in [7, 11) is 0. The lowest BCUT2D eigenvalue weighted by Crippen LogP contribution is -1.89. The maximum absolute atomic E-state index is 5.93. The number of hydrogen-bond acceptors (Lipinski definition) is 5. The molecule has 0 aliphatic carbocycles. The van der Waals surface area contributed by atoms with Crippen LogP contribution in [0.15, 0.2) is 51.3 Å². The van der Waals surface area contributed by atoms with Gasteiger partial charge in [0.25, 0.3) is 0 Å². The number of aromatic nitrogens is 1. The molecule has 0 fully saturated rings. The minimum atomic E-state index is 0.653. The van der Waals surface area contributed by atoms with Gasteiger partial charge < -0.3 is 10.2 Å². The number of nitrogens with two attached hydrogens (primary N) is 1. The highest BCUT2D eigenvalue weighted by Crippen LogP contribution is 2.31. The normalized spacial score (nSPS) is 10.8. The van der Waals surface area contributed by atoms with Crippen molar-refractivity contribution >= 4 is 40.4 Å². The van der Waals surface area contributed by atoms with E-state index in [2.05, 4.69) is 4.98 Å². The molecule has 20 heavy (non-hydrogen) atoms. The summed E-state index contributed by atoms with van der Waals surface area (Å²) in [6.45, 7) is 0. The Morgan fingerprint density at radius 2 is 2.25 bits per heavy atom. The summed E-state index contributed by atoms with van der Waals surface area (Å²) in [4.78, 5) is 5.57. The van der Waals surface area contributed by atoms with Crippen LogP contribution in [-0.4, -0.2) is 4.98 Å². The van der Waals surface area contributed by atoms with Crippen molar-refractivity contribution in [2.45, 2.75) is 10.6 Å². The van der Waals surface area contributed by atoms with Gasteiger partial charge in [0.1, 0.15) is 0 Å². The van der Waals surface area contributed by atoms with Gasteiger partial charge in [-0.1, -0.05) is 11.6 Å². The minimum absolute atomic E-state index is 0.653. The summed E-state index contributed by atoms with van der Waals surface area (Å²) in [5.74, 6) is 1.57. The number of nitrogens with zero attached hydrogens (tertiary/aromatic N) is 1. The molecule has 6 heteroatoms. The second-order valence-corrected chi connectivity index (χ2v) is 6.40. The van der Waals surface area contributed by atoms with Gasteiger partial charge in [-0.05, 0) is 30.3 Å². The van der Waals surface area contributed by atoms with Crippen molar-refractivity contribution in [2.24, 2.45) is 0 Å². The first-order valence-electron chi connectivity index (χ1n) is 5.88. The van der Waals surface area contributed by atoms with E-state index < -0.39 is 0 Å². The first-order valence-corrected chi connectivity index (χ1v) is 8.13. The zero-order valence-corrected chi connectivity index (χ0v) is 12.8.